The lowest BCUT2D eigenvalue weighted by molar-refractivity contribution is -0.147. The normalized spacial score (nSPS) is 20.1. The number of amides is 1. The zero-order valence-electron chi connectivity index (χ0n) is 33.6. The van der Waals surface area contributed by atoms with E-state index in [1.807, 2.05) is 73.6 Å². The standard InChI is InChI=1S/C43H58N4O7/c1-10-12-28(39(51)36(50)19-27-13-14-27)20-35(49)34-25-43(8,26-46(34)40(52)32(42(5,6)7)21-29(48)24-41(2,3)4)54-37-23-38(47-18-11-17-44-47)45-33-22-30(53-9)15-16-31(33)37/h11,15-18,22-23,27-28,32,34H,10,12-14,19-21,24-26H2,1-9H3/t28-,32-,34+,43+/m1/s1. The average molecular weight is 743 g/mol. The first kappa shape index (κ1) is 40.8. The lowest BCUT2D eigenvalue weighted by Crippen LogP contribution is -2.48. The molecule has 54 heavy (non-hydrogen) atoms. The van der Waals surface area contributed by atoms with Gasteiger partial charge in [0.15, 0.2) is 17.4 Å². The number of carbonyl (C=O) groups is 5. The number of carbonyl (C=O) groups excluding carboxylic acids is 5. The first-order valence-corrected chi connectivity index (χ1v) is 19.4. The van der Waals surface area contributed by atoms with Crippen LogP contribution in [-0.2, 0) is 24.0 Å². The summed E-state index contributed by atoms with van der Waals surface area (Å²) in [6.45, 7) is 15.7. The molecule has 1 saturated heterocycles. The van der Waals surface area contributed by atoms with Crippen molar-refractivity contribution in [3.8, 4) is 17.3 Å². The molecule has 3 heterocycles. The van der Waals surface area contributed by atoms with Crippen LogP contribution in [0.1, 0.15) is 113 Å². The predicted octanol–water partition coefficient (Wildman–Crippen LogP) is 7.54. The number of hydrogen-bond acceptors (Lipinski definition) is 9. The molecule has 1 aliphatic carbocycles. The van der Waals surface area contributed by atoms with E-state index in [9.17, 15) is 24.0 Å². The number of pyridine rings is 1. The SMILES string of the molecule is CCC[C@H](CC(=O)[C@@H]1C[C@](C)(Oc2cc(-n3cccn3)nc3cc(OC)ccc23)CN1C(=O)[C@@H](CC(=O)CC(C)(C)C)C(C)(C)C)C(=O)C(=O)CC1CC1. The Hall–Kier alpha value is -4.41. The van der Waals surface area contributed by atoms with E-state index in [1.54, 1.807) is 41.2 Å². The smallest absolute Gasteiger partial charge is 0.227 e. The largest absolute Gasteiger partial charge is 0.497 e. The van der Waals surface area contributed by atoms with Gasteiger partial charge in [0.2, 0.25) is 11.7 Å². The number of fused-ring (bicyclic) bond motifs is 1. The van der Waals surface area contributed by atoms with Crippen LogP contribution in [0.5, 0.6) is 11.5 Å². The number of hydrogen-bond donors (Lipinski definition) is 0. The zero-order valence-corrected chi connectivity index (χ0v) is 33.6. The summed E-state index contributed by atoms with van der Waals surface area (Å²) in [5.41, 5.74) is -1.27. The van der Waals surface area contributed by atoms with Crippen LogP contribution >= 0.6 is 0 Å². The van der Waals surface area contributed by atoms with Crippen molar-refractivity contribution in [1.29, 1.82) is 0 Å². The van der Waals surface area contributed by atoms with Gasteiger partial charge < -0.3 is 14.4 Å². The van der Waals surface area contributed by atoms with Gasteiger partial charge in [0.05, 0.1) is 25.2 Å². The Morgan fingerprint density at radius 1 is 1.02 bits per heavy atom. The van der Waals surface area contributed by atoms with E-state index >= 15 is 0 Å². The van der Waals surface area contributed by atoms with Crippen LogP contribution in [0.25, 0.3) is 16.7 Å². The van der Waals surface area contributed by atoms with Gasteiger partial charge in [-0.2, -0.15) is 5.10 Å². The summed E-state index contributed by atoms with van der Waals surface area (Å²) in [7, 11) is 1.58. The van der Waals surface area contributed by atoms with Crippen molar-refractivity contribution in [3.05, 3.63) is 42.7 Å². The van der Waals surface area contributed by atoms with Crippen LogP contribution < -0.4 is 9.47 Å². The number of benzene rings is 1. The van der Waals surface area contributed by atoms with Crippen molar-refractivity contribution in [3.63, 3.8) is 0 Å². The van der Waals surface area contributed by atoms with Crippen molar-refractivity contribution >= 4 is 39.9 Å². The molecule has 0 spiro atoms. The number of rotatable bonds is 17. The second-order valence-electron chi connectivity index (χ2n) is 18.0. The van der Waals surface area contributed by atoms with Crippen molar-refractivity contribution in [1.82, 2.24) is 19.7 Å². The third kappa shape index (κ3) is 10.0. The van der Waals surface area contributed by atoms with E-state index in [1.165, 1.54) is 0 Å². The van der Waals surface area contributed by atoms with Crippen LogP contribution in [0.3, 0.4) is 0 Å². The van der Waals surface area contributed by atoms with Crippen LogP contribution in [0.4, 0.5) is 0 Å². The minimum absolute atomic E-state index is 0.00974. The Kier molecular flexibility index (Phi) is 12.2. The molecule has 4 atom stereocenters. The number of aromatic nitrogens is 3. The monoisotopic (exact) mass is 742 g/mol. The first-order chi connectivity index (χ1) is 25.3. The van der Waals surface area contributed by atoms with Crippen molar-refractivity contribution in [2.45, 2.75) is 125 Å². The second kappa shape index (κ2) is 16.1. The minimum Gasteiger partial charge on any atom is -0.497 e. The van der Waals surface area contributed by atoms with Gasteiger partial charge in [0.1, 0.15) is 22.9 Å². The highest BCUT2D eigenvalue weighted by Gasteiger charge is 2.51. The fourth-order valence-corrected chi connectivity index (χ4v) is 7.63. The predicted molar refractivity (Wildman–Crippen MR) is 207 cm³/mol. The van der Waals surface area contributed by atoms with Crippen LogP contribution in [-0.4, -0.2) is 74.0 Å². The third-order valence-corrected chi connectivity index (χ3v) is 10.6. The molecule has 0 radical (unpaired) electrons. The van der Waals surface area contributed by atoms with E-state index < -0.39 is 40.5 Å². The lowest BCUT2D eigenvalue weighted by atomic mass is 9.75. The van der Waals surface area contributed by atoms with Crippen molar-refractivity contribution in [2.75, 3.05) is 13.7 Å². The lowest BCUT2D eigenvalue weighted by Gasteiger charge is -2.35. The van der Waals surface area contributed by atoms with Gasteiger partial charge in [0, 0.05) is 73.9 Å². The minimum atomic E-state index is -1.05. The summed E-state index contributed by atoms with van der Waals surface area (Å²) in [6.07, 6.45) is 6.99. The van der Waals surface area contributed by atoms with E-state index in [2.05, 4.69) is 5.10 Å². The van der Waals surface area contributed by atoms with E-state index in [0.717, 1.165) is 12.8 Å². The molecule has 3 aromatic rings. The van der Waals surface area contributed by atoms with Crippen LogP contribution in [0.2, 0.25) is 0 Å². The Bertz CT molecular complexity index is 1870. The highest BCUT2D eigenvalue weighted by molar-refractivity contribution is 6.38. The summed E-state index contributed by atoms with van der Waals surface area (Å²) in [5, 5.41) is 5.08. The molecule has 11 heteroatoms. The van der Waals surface area contributed by atoms with Gasteiger partial charge in [-0.1, -0.05) is 54.9 Å². The summed E-state index contributed by atoms with van der Waals surface area (Å²) < 4.78 is 14.0. The van der Waals surface area contributed by atoms with E-state index in [-0.39, 0.29) is 61.0 Å². The summed E-state index contributed by atoms with van der Waals surface area (Å²) in [4.78, 5) is 75.5. The van der Waals surface area contributed by atoms with Gasteiger partial charge in [-0.25, -0.2) is 9.67 Å². The maximum absolute atomic E-state index is 14.8. The van der Waals surface area contributed by atoms with Crippen LogP contribution in [0, 0.1) is 28.6 Å². The number of methoxy groups -OCH3 is 1. The Labute approximate surface area is 319 Å². The molecule has 0 unspecified atom stereocenters. The number of ether oxygens (including phenoxy) is 2. The molecule has 1 aliphatic heterocycles. The Morgan fingerprint density at radius 2 is 1.74 bits per heavy atom. The molecule has 2 aliphatic rings. The molecule has 2 fully saturated rings. The summed E-state index contributed by atoms with van der Waals surface area (Å²) in [6, 6.07) is 8.16. The van der Waals surface area contributed by atoms with Gasteiger partial charge in [-0.3, -0.25) is 24.0 Å². The first-order valence-electron chi connectivity index (χ1n) is 19.4. The van der Waals surface area contributed by atoms with Gasteiger partial charge >= 0.3 is 0 Å². The quantitative estimate of drug-likeness (QED) is 0.128. The third-order valence-electron chi connectivity index (χ3n) is 10.6. The molecule has 11 nitrogen and oxygen atoms in total. The van der Waals surface area contributed by atoms with Crippen molar-refractivity contribution < 1.29 is 33.4 Å². The fourth-order valence-electron chi connectivity index (χ4n) is 7.63. The summed E-state index contributed by atoms with van der Waals surface area (Å²) in [5.74, 6) is -1.04. The topological polar surface area (TPSA) is 138 Å². The number of likely N-dealkylation sites (tertiary alicyclic amines) is 1. The molecule has 1 aromatic carbocycles. The second-order valence-corrected chi connectivity index (χ2v) is 18.0. The molecule has 292 valence electrons. The Morgan fingerprint density at radius 3 is 2.33 bits per heavy atom. The highest BCUT2D eigenvalue weighted by atomic mass is 16.5. The fraction of sp³-hybridized carbons (Fsp3) is 0.605. The maximum atomic E-state index is 14.8. The Balaban J connectivity index is 1.52. The molecule has 0 bridgehead atoms. The maximum Gasteiger partial charge on any atom is 0.227 e. The van der Waals surface area contributed by atoms with Crippen molar-refractivity contribution in [2.24, 2.45) is 28.6 Å². The highest BCUT2D eigenvalue weighted by Crippen LogP contribution is 2.41. The van der Waals surface area contributed by atoms with Gasteiger partial charge in [-0.15, -0.1) is 0 Å². The number of nitrogens with zero attached hydrogens (tertiary/aromatic N) is 4. The number of Topliss-reactive ketones (excluding diaryl/α,β-unsaturated/α-hetero) is 4. The van der Waals surface area contributed by atoms with E-state index in [4.69, 9.17) is 14.5 Å². The van der Waals surface area contributed by atoms with Gasteiger partial charge in [0.25, 0.3) is 0 Å². The zero-order chi connectivity index (χ0) is 39.6. The molecule has 1 amide bonds. The van der Waals surface area contributed by atoms with Crippen LogP contribution in [0.15, 0.2) is 42.7 Å². The van der Waals surface area contributed by atoms with E-state index in [0.29, 0.717) is 47.5 Å². The average Bonchev–Trinajstić information content (AvgIpc) is 3.58. The molecule has 1 saturated carbocycles. The molecule has 2 aromatic heterocycles. The van der Waals surface area contributed by atoms with Gasteiger partial charge in [-0.05, 0) is 61.1 Å². The number of ketones is 4. The molecule has 5 rings (SSSR count). The summed E-state index contributed by atoms with van der Waals surface area (Å²) >= 11 is 0. The molecular formula is C43H58N4O7. The molecular weight excluding hydrogens is 684 g/mol. The molecule has 0 N–H and O–H groups in total.